The largest absolute Gasteiger partial charge is 0.442 e. The second kappa shape index (κ2) is 6.69. The molecule has 0 fully saturated rings. The second-order valence-electron chi connectivity index (χ2n) is 4.47. The Hall–Kier alpha value is -2.55. The van der Waals surface area contributed by atoms with Gasteiger partial charge in [0.1, 0.15) is 5.69 Å². The molecule has 0 aliphatic heterocycles. The van der Waals surface area contributed by atoms with Crippen LogP contribution in [0.4, 0.5) is 8.78 Å². The third-order valence-electron chi connectivity index (χ3n) is 2.97. The lowest BCUT2D eigenvalue weighted by molar-refractivity contribution is 0.252. The van der Waals surface area contributed by atoms with Crippen molar-refractivity contribution >= 4 is 11.8 Å². The van der Waals surface area contributed by atoms with E-state index in [1.165, 1.54) is 23.2 Å². The van der Waals surface area contributed by atoms with E-state index in [4.69, 9.17) is 0 Å². The summed E-state index contributed by atoms with van der Waals surface area (Å²) in [7, 11) is 0. The molecular formula is C14H10F2N4O2S. The van der Waals surface area contributed by atoms with Crippen LogP contribution in [0.15, 0.2) is 57.1 Å². The summed E-state index contributed by atoms with van der Waals surface area (Å²) in [6, 6.07) is 6.49. The highest BCUT2D eigenvalue weighted by atomic mass is 32.2. The first-order valence-electron chi connectivity index (χ1n) is 6.50. The Morgan fingerprint density at radius 3 is 2.65 bits per heavy atom. The molecule has 3 aromatic rings. The summed E-state index contributed by atoms with van der Waals surface area (Å²) in [5.74, 6) is -2.84. The Morgan fingerprint density at radius 1 is 1.22 bits per heavy atom. The Bertz CT molecular complexity index is 834. The van der Waals surface area contributed by atoms with Gasteiger partial charge in [-0.15, -0.1) is 0 Å². The Kier molecular flexibility index (Phi) is 4.47. The maximum absolute atomic E-state index is 12.3. The molecule has 118 valence electrons. The van der Waals surface area contributed by atoms with Gasteiger partial charge in [-0.05, 0) is 17.7 Å². The number of halogens is 2. The van der Waals surface area contributed by atoms with E-state index in [0.717, 1.165) is 5.56 Å². The molecular weight excluding hydrogens is 326 g/mol. The van der Waals surface area contributed by atoms with Crippen LogP contribution in [-0.2, 0) is 6.54 Å². The molecule has 0 atom stereocenters. The van der Waals surface area contributed by atoms with Crippen LogP contribution in [0.2, 0.25) is 0 Å². The summed E-state index contributed by atoms with van der Waals surface area (Å²) in [4.78, 5) is 20.3. The van der Waals surface area contributed by atoms with Crippen LogP contribution in [0.5, 0.6) is 0 Å². The van der Waals surface area contributed by atoms with Gasteiger partial charge >= 0.3 is 5.76 Å². The molecule has 0 unspecified atom stereocenters. The van der Waals surface area contributed by atoms with Gasteiger partial charge in [-0.2, -0.15) is 8.78 Å². The van der Waals surface area contributed by atoms with E-state index in [0.29, 0.717) is 22.4 Å². The van der Waals surface area contributed by atoms with E-state index in [2.05, 4.69) is 19.6 Å². The van der Waals surface area contributed by atoms with Gasteiger partial charge in [-0.25, -0.2) is 9.78 Å². The number of nitrogens with zero attached hydrogens (tertiary/aromatic N) is 4. The lowest BCUT2D eigenvalue weighted by atomic mass is 10.2. The minimum atomic E-state index is -2.47. The first kappa shape index (κ1) is 15.3. The van der Waals surface area contributed by atoms with Crippen LogP contribution in [0.3, 0.4) is 0 Å². The standard InChI is InChI=1S/C14H10F2N4O2S/c15-13(16)23-10-3-1-9(2-4-10)8-20-12(19-22-14(20)21)11-7-17-5-6-18-11/h1-7,13H,8H2. The van der Waals surface area contributed by atoms with E-state index in [1.807, 2.05) is 0 Å². The first-order chi connectivity index (χ1) is 11.1. The molecule has 2 aromatic heterocycles. The number of alkyl halides is 2. The average Bonchev–Trinajstić information content (AvgIpc) is 2.91. The summed E-state index contributed by atoms with van der Waals surface area (Å²) in [5, 5.41) is 3.71. The molecule has 0 saturated heterocycles. The van der Waals surface area contributed by atoms with Crippen LogP contribution >= 0.6 is 11.8 Å². The molecule has 6 nitrogen and oxygen atoms in total. The van der Waals surface area contributed by atoms with Gasteiger partial charge in [0.15, 0.2) is 0 Å². The Balaban J connectivity index is 1.86. The van der Waals surface area contributed by atoms with Gasteiger partial charge in [0.25, 0.3) is 5.76 Å². The molecule has 0 aliphatic rings. The van der Waals surface area contributed by atoms with Gasteiger partial charge in [0.05, 0.1) is 12.7 Å². The highest BCUT2D eigenvalue weighted by molar-refractivity contribution is 7.99. The minimum absolute atomic E-state index is 0.188. The van der Waals surface area contributed by atoms with Crippen molar-refractivity contribution in [1.29, 1.82) is 0 Å². The van der Waals surface area contributed by atoms with Crippen molar-refractivity contribution in [2.45, 2.75) is 17.2 Å². The van der Waals surface area contributed by atoms with Crippen LogP contribution in [0, 0.1) is 0 Å². The Labute approximate surface area is 133 Å². The average molecular weight is 336 g/mol. The van der Waals surface area contributed by atoms with E-state index < -0.39 is 11.5 Å². The van der Waals surface area contributed by atoms with Crippen LogP contribution < -0.4 is 5.76 Å². The fourth-order valence-electron chi connectivity index (χ4n) is 1.97. The quantitative estimate of drug-likeness (QED) is 0.667. The lowest BCUT2D eigenvalue weighted by Gasteiger charge is -2.05. The summed E-state index contributed by atoms with van der Waals surface area (Å²) >= 11 is 0.467. The zero-order valence-electron chi connectivity index (χ0n) is 11.6. The molecule has 3 rings (SSSR count). The summed E-state index contributed by atoms with van der Waals surface area (Å²) < 4.78 is 30.6. The number of benzene rings is 1. The normalized spacial score (nSPS) is 11.1. The SMILES string of the molecule is O=c1onc(-c2cnccn2)n1Cc1ccc(SC(F)F)cc1. The zero-order chi connectivity index (χ0) is 16.2. The number of hydrogen-bond donors (Lipinski definition) is 0. The maximum Gasteiger partial charge on any atom is 0.442 e. The molecule has 0 spiro atoms. The molecule has 23 heavy (non-hydrogen) atoms. The van der Waals surface area contributed by atoms with Crippen molar-refractivity contribution in [2.24, 2.45) is 0 Å². The maximum atomic E-state index is 12.3. The minimum Gasteiger partial charge on any atom is -0.295 e. The smallest absolute Gasteiger partial charge is 0.295 e. The van der Waals surface area contributed by atoms with Gasteiger partial charge in [0.2, 0.25) is 5.82 Å². The third kappa shape index (κ3) is 3.62. The topological polar surface area (TPSA) is 73.8 Å². The molecule has 2 heterocycles. The highest BCUT2D eigenvalue weighted by Crippen LogP contribution is 2.25. The second-order valence-corrected chi connectivity index (χ2v) is 5.53. The van der Waals surface area contributed by atoms with E-state index in [-0.39, 0.29) is 12.4 Å². The monoisotopic (exact) mass is 336 g/mol. The summed E-state index contributed by atoms with van der Waals surface area (Å²) in [6.45, 7) is 0.188. The summed E-state index contributed by atoms with van der Waals surface area (Å²) in [5.41, 5.74) is 1.15. The third-order valence-corrected chi connectivity index (χ3v) is 3.69. The van der Waals surface area contributed by atoms with Gasteiger partial charge < -0.3 is 0 Å². The molecule has 0 aliphatic carbocycles. The van der Waals surface area contributed by atoms with Crippen molar-refractivity contribution in [3.63, 3.8) is 0 Å². The fraction of sp³-hybridized carbons (Fsp3) is 0.143. The molecule has 1 aromatic carbocycles. The van der Waals surface area contributed by atoms with Crippen LogP contribution in [-0.4, -0.2) is 25.4 Å². The predicted molar refractivity (Wildman–Crippen MR) is 79.2 cm³/mol. The van der Waals surface area contributed by atoms with Crippen molar-refractivity contribution < 1.29 is 13.3 Å². The van der Waals surface area contributed by atoms with Crippen LogP contribution in [0.1, 0.15) is 5.56 Å². The van der Waals surface area contributed by atoms with E-state index in [9.17, 15) is 13.6 Å². The molecule has 0 bridgehead atoms. The molecule has 0 N–H and O–H groups in total. The van der Waals surface area contributed by atoms with Crippen molar-refractivity contribution in [3.05, 3.63) is 59.0 Å². The number of aromatic nitrogens is 4. The molecule has 0 radical (unpaired) electrons. The van der Waals surface area contributed by atoms with Gasteiger partial charge in [-0.3, -0.25) is 14.1 Å². The number of hydrogen-bond acceptors (Lipinski definition) is 6. The zero-order valence-corrected chi connectivity index (χ0v) is 12.4. The van der Waals surface area contributed by atoms with Gasteiger partial charge in [0, 0.05) is 17.3 Å². The van der Waals surface area contributed by atoms with E-state index >= 15 is 0 Å². The lowest BCUT2D eigenvalue weighted by Crippen LogP contribution is -2.16. The first-order valence-corrected chi connectivity index (χ1v) is 7.38. The van der Waals surface area contributed by atoms with Crippen molar-refractivity contribution in [1.82, 2.24) is 19.7 Å². The summed E-state index contributed by atoms with van der Waals surface area (Å²) in [6.07, 6.45) is 4.46. The highest BCUT2D eigenvalue weighted by Gasteiger charge is 2.14. The van der Waals surface area contributed by atoms with Gasteiger partial charge in [-0.1, -0.05) is 29.1 Å². The predicted octanol–water partition coefficient (Wildman–Crippen LogP) is 2.66. The Morgan fingerprint density at radius 2 is 2.00 bits per heavy atom. The molecule has 0 amide bonds. The molecule has 0 saturated carbocycles. The van der Waals surface area contributed by atoms with E-state index in [1.54, 1.807) is 24.3 Å². The number of thioether (sulfide) groups is 1. The van der Waals surface area contributed by atoms with Crippen molar-refractivity contribution in [3.8, 4) is 11.5 Å². The van der Waals surface area contributed by atoms with Crippen LogP contribution in [0.25, 0.3) is 11.5 Å². The fourth-order valence-corrected chi connectivity index (χ4v) is 2.46. The molecule has 9 heteroatoms. The number of rotatable bonds is 5. The van der Waals surface area contributed by atoms with Crippen molar-refractivity contribution in [2.75, 3.05) is 0 Å².